The molecule has 4 heteroatoms. The second kappa shape index (κ2) is 3.58. The van der Waals surface area contributed by atoms with Crippen molar-refractivity contribution in [3.63, 3.8) is 0 Å². The normalized spacial score (nSPS) is 9.58. The van der Waals surface area contributed by atoms with Crippen molar-refractivity contribution in [3.8, 4) is 5.75 Å². The third-order valence-corrected chi connectivity index (χ3v) is 2.63. The fourth-order valence-electron chi connectivity index (χ4n) is 0.957. The van der Waals surface area contributed by atoms with Crippen molar-refractivity contribution in [2.24, 2.45) is 0 Å². The molecule has 0 bridgehead atoms. The lowest BCUT2D eigenvalue weighted by Gasteiger charge is -2.01. The van der Waals surface area contributed by atoms with Gasteiger partial charge in [-0.2, -0.15) is 0 Å². The van der Waals surface area contributed by atoms with Crippen LogP contribution in [0.2, 0.25) is 0 Å². The number of thiophene rings is 1. The number of aryl methyl sites for hydroxylation is 1. The molecule has 0 aromatic carbocycles. The highest BCUT2D eigenvalue weighted by Crippen LogP contribution is 2.29. The molecule has 1 aromatic rings. The van der Waals surface area contributed by atoms with Crippen molar-refractivity contribution in [3.05, 3.63) is 15.8 Å². The Bertz CT molecular complexity index is 293. The summed E-state index contributed by atoms with van der Waals surface area (Å²) in [5, 5.41) is 4.47. The van der Waals surface area contributed by atoms with E-state index in [-0.39, 0.29) is 5.91 Å². The molecule has 0 saturated carbocycles. The van der Waals surface area contributed by atoms with Gasteiger partial charge in [-0.05, 0) is 12.3 Å². The van der Waals surface area contributed by atoms with Crippen LogP contribution in [0.15, 0.2) is 5.38 Å². The second-order valence-corrected chi connectivity index (χ2v) is 3.24. The lowest BCUT2D eigenvalue weighted by molar-refractivity contribution is 0.0964. The zero-order valence-corrected chi connectivity index (χ0v) is 8.12. The van der Waals surface area contributed by atoms with Crippen LogP contribution in [0.4, 0.5) is 0 Å². The minimum absolute atomic E-state index is 0.0926. The summed E-state index contributed by atoms with van der Waals surface area (Å²) in [7, 11) is 3.18. The van der Waals surface area contributed by atoms with E-state index in [2.05, 4.69) is 5.32 Å². The molecule has 0 aliphatic heterocycles. The highest BCUT2D eigenvalue weighted by molar-refractivity contribution is 7.12. The summed E-state index contributed by atoms with van der Waals surface area (Å²) in [6, 6.07) is 0. The third-order valence-electron chi connectivity index (χ3n) is 1.56. The number of hydrogen-bond donors (Lipinski definition) is 1. The first-order valence-electron chi connectivity index (χ1n) is 3.54. The van der Waals surface area contributed by atoms with Crippen LogP contribution in [0.3, 0.4) is 0 Å². The highest BCUT2D eigenvalue weighted by Gasteiger charge is 2.14. The predicted octanol–water partition coefficient (Wildman–Crippen LogP) is 1.42. The van der Waals surface area contributed by atoms with E-state index in [1.165, 1.54) is 11.3 Å². The van der Waals surface area contributed by atoms with Crippen molar-refractivity contribution in [1.29, 1.82) is 0 Å². The molecule has 0 aliphatic carbocycles. The Morgan fingerprint density at radius 3 is 2.83 bits per heavy atom. The van der Waals surface area contributed by atoms with Gasteiger partial charge in [-0.15, -0.1) is 11.3 Å². The van der Waals surface area contributed by atoms with E-state index in [4.69, 9.17) is 4.74 Å². The first-order chi connectivity index (χ1) is 5.70. The van der Waals surface area contributed by atoms with Gasteiger partial charge in [0.15, 0.2) is 0 Å². The number of carbonyl (C=O) groups excluding carboxylic acids is 1. The topological polar surface area (TPSA) is 38.3 Å². The smallest absolute Gasteiger partial charge is 0.264 e. The Morgan fingerprint density at radius 2 is 2.33 bits per heavy atom. The van der Waals surface area contributed by atoms with Gasteiger partial charge in [-0.3, -0.25) is 4.79 Å². The van der Waals surface area contributed by atoms with Gasteiger partial charge in [-0.1, -0.05) is 0 Å². The SMILES string of the molecule is CNC(=O)c1scc(C)c1OC. The summed E-state index contributed by atoms with van der Waals surface area (Å²) >= 11 is 1.40. The van der Waals surface area contributed by atoms with Crippen molar-refractivity contribution in [1.82, 2.24) is 5.32 Å². The van der Waals surface area contributed by atoms with Crippen LogP contribution >= 0.6 is 11.3 Å². The number of nitrogens with one attached hydrogen (secondary N) is 1. The Hall–Kier alpha value is -1.03. The minimum atomic E-state index is -0.0926. The monoisotopic (exact) mass is 185 g/mol. The zero-order chi connectivity index (χ0) is 9.14. The van der Waals surface area contributed by atoms with Crippen LogP contribution in [0.5, 0.6) is 5.75 Å². The van der Waals surface area contributed by atoms with E-state index < -0.39 is 0 Å². The van der Waals surface area contributed by atoms with Gasteiger partial charge in [-0.25, -0.2) is 0 Å². The number of rotatable bonds is 2. The first kappa shape index (κ1) is 9.06. The lowest BCUT2D eigenvalue weighted by Crippen LogP contribution is -2.17. The molecular weight excluding hydrogens is 174 g/mol. The van der Waals surface area contributed by atoms with E-state index in [0.29, 0.717) is 10.6 Å². The molecule has 0 atom stereocenters. The number of hydrogen-bond acceptors (Lipinski definition) is 3. The van der Waals surface area contributed by atoms with Crippen molar-refractivity contribution in [2.75, 3.05) is 14.2 Å². The summed E-state index contributed by atoms with van der Waals surface area (Å²) < 4.78 is 5.09. The summed E-state index contributed by atoms with van der Waals surface area (Å²) in [4.78, 5) is 11.9. The largest absolute Gasteiger partial charge is 0.495 e. The molecule has 0 spiro atoms. The quantitative estimate of drug-likeness (QED) is 0.756. The van der Waals surface area contributed by atoms with E-state index in [0.717, 1.165) is 5.56 Å². The molecular formula is C8H11NO2S. The van der Waals surface area contributed by atoms with Gasteiger partial charge in [0.25, 0.3) is 5.91 Å². The maximum absolute atomic E-state index is 11.2. The maximum Gasteiger partial charge on any atom is 0.264 e. The van der Waals surface area contributed by atoms with Crippen molar-refractivity contribution in [2.45, 2.75) is 6.92 Å². The van der Waals surface area contributed by atoms with Crippen LogP contribution in [-0.4, -0.2) is 20.1 Å². The zero-order valence-electron chi connectivity index (χ0n) is 7.30. The molecule has 66 valence electrons. The molecule has 0 aliphatic rings. The summed E-state index contributed by atoms with van der Waals surface area (Å²) in [6.07, 6.45) is 0. The number of carbonyl (C=O) groups is 1. The Balaban J connectivity index is 3.07. The van der Waals surface area contributed by atoms with Gasteiger partial charge in [0, 0.05) is 12.6 Å². The minimum Gasteiger partial charge on any atom is -0.495 e. The van der Waals surface area contributed by atoms with Gasteiger partial charge in [0.2, 0.25) is 0 Å². The molecule has 0 saturated heterocycles. The predicted molar refractivity (Wildman–Crippen MR) is 49.0 cm³/mol. The standard InChI is InChI=1S/C8H11NO2S/c1-5-4-12-7(6(5)11-3)8(10)9-2/h4H,1-3H3,(H,9,10). The summed E-state index contributed by atoms with van der Waals surface area (Å²) in [6.45, 7) is 1.92. The maximum atomic E-state index is 11.2. The molecule has 0 unspecified atom stereocenters. The molecule has 0 fully saturated rings. The van der Waals surface area contributed by atoms with E-state index in [9.17, 15) is 4.79 Å². The van der Waals surface area contributed by atoms with Crippen LogP contribution in [0, 0.1) is 6.92 Å². The van der Waals surface area contributed by atoms with Gasteiger partial charge >= 0.3 is 0 Å². The molecule has 3 nitrogen and oxygen atoms in total. The molecule has 1 rings (SSSR count). The lowest BCUT2D eigenvalue weighted by atomic mass is 10.3. The summed E-state index contributed by atoms with van der Waals surface area (Å²) in [5.74, 6) is 0.587. The van der Waals surface area contributed by atoms with Crippen LogP contribution < -0.4 is 10.1 Å². The van der Waals surface area contributed by atoms with Crippen LogP contribution in [0.25, 0.3) is 0 Å². The van der Waals surface area contributed by atoms with Gasteiger partial charge in [0.05, 0.1) is 7.11 Å². The Kier molecular flexibility index (Phi) is 2.70. The Morgan fingerprint density at radius 1 is 1.67 bits per heavy atom. The average molecular weight is 185 g/mol. The van der Waals surface area contributed by atoms with Crippen molar-refractivity contribution < 1.29 is 9.53 Å². The molecule has 1 heterocycles. The van der Waals surface area contributed by atoms with E-state index in [1.807, 2.05) is 12.3 Å². The fraction of sp³-hybridized carbons (Fsp3) is 0.375. The first-order valence-corrected chi connectivity index (χ1v) is 4.42. The number of amides is 1. The number of methoxy groups -OCH3 is 1. The summed E-state index contributed by atoms with van der Waals surface area (Å²) in [5.41, 5.74) is 1.00. The molecule has 1 N–H and O–H groups in total. The van der Waals surface area contributed by atoms with Crippen molar-refractivity contribution >= 4 is 17.2 Å². The van der Waals surface area contributed by atoms with Crippen LogP contribution in [0.1, 0.15) is 15.2 Å². The van der Waals surface area contributed by atoms with Gasteiger partial charge in [0.1, 0.15) is 10.6 Å². The molecule has 0 radical (unpaired) electrons. The molecule has 1 aromatic heterocycles. The van der Waals surface area contributed by atoms with E-state index in [1.54, 1.807) is 14.2 Å². The highest BCUT2D eigenvalue weighted by atomic mass is 32.1. The number of ether oxygens (including phenoxy) is 1. The molecule has 1 amide bonds. The molecule has 12 heavy (non-hydrogen) atoms. The fourth-order valence-corrected chi connectivity index (χ4v) is 1.92. The average Bonchev–Trinajstić information content (AvgIpc) is 2.45. The van der Waals surface area contributed by atoms with E-state index >= 15 is 0 Å². The van der Waals surface area contributed by atoms with Gasteiger partial charge < -0.3 is 10.1 Å². The third kappa shape index (κ3) is 1.43. The van der Waals surface area contributed by atoms with Crippen LogP contribution in [-0.2, 0) is 0 Å². The Labute approximate surface area is 75.4 Å². The second-order valence-electron chi connectivity index (χ2n) is 2.36.